The van der Waals surface area contributed by atoms with E-state index < -0.39 is 21.9 Å². The maximum atomic E-state index is 13.0. The molecule has 0 saturated heterocycles. The van der Waals surface area contributed by atoms with E-state index in [0.717, 1.165) is 12.1 Å². The molecule has 0 aliphatic carbocycles. The van der Waals surface area contributed by atoms with Crippen LogP contribution in [-0.2, 0) is 14.8 Å². The number of sulfonamides is 1. The van der Waals surface area contributed by atoms with Gasteiger partial charge in [0.1, 0.15) is 11.9 Å². The summed E-state index contributed by atoms with van der Waals surface area (Å²) in [4.78, 5) is 12.3. The predicted octanol–water partition coefficient (Wildman–Crippen LogP) is 3.02. The number of carbonyl (C=O) groups excluding carboxylic acids is 1. The fraction of sp³-hybridized carbons (Fsp3) is 0.111. The van der Waals surface area contributed by atoms with Crippen LogP contribution in [0.15, 0.2) is 71.9 Å². The summed E-state index contributed by atoms with van der Waals surface area (Å²) in [6.07, 6.45) is 3.26. The van der Waals surface area contributed by atoms with E-state index in [1.54, 1.807) is 43.6 Å². The average molecular weight is 388 g/mol. The Bertz CT molecular complexity index is 1030. The molecule has 3 rings (SSSR count). The van der Waals surface area contributed by atoms with Gasteiger partial charge in [-0.25, -0.2) is 12.8 Å². The quantitative estimate of drug-likeness (QED) is 0.679. The fourth-order valence-electron chi connectivity index (χ4n) is 2.36. The summed E-state index contributed by atoms with van der Waals surface area (Å²) in [6, 6.07) is 12.0. The number of rotatable bonds is 6. The van der Waals surface area contributed by atoms with Gasteiger partial charge in [0.15, 0.2) is 0 Å². The Morgan fingerprint density at radius 1 is 1.11 bits per heavy atom. The Labute approximate surface area is 155 Å². The van der Waals surface area contributed by atoms with Crippen LogP contribution in [0.25, 0.3) is 0 Å². The number of amides is 1. The first-order valence-corrected chi connectivity index (χ1v) is 9.52. The van der Waals surface area contributed by atoms with Crippen molar-refractivity contribution in [3.63, 3.8) is 0 Å². The molecule has 3 aromatic rings. The van der Waals surface area contributed by atoms with Crippen LogP contribution in [0.3, 0.4) is 0 Å². The van der Waals surface area contributed by atoms with Gasteiger partial charge in [0.05, 0.1) is 10.6 Å². The number of halogens is 1. The summed E-state index contributed by atoms with van der Waals surface area (Å²) in [5.41, 5.74) is 0.696. The van der Waals surface area contributed by atoms with Crippen molar-refractivity contribution in [3.05, 3.63) is 72.8 Å². The normalized spacial score (nSPS) is 12.4. The van der Waals surface area contributed by atoms with Crippen LogP contribution in [-0.4, -0.2) is 24.1 Å². The SMILES string of the molecule is C[C@@H](C(=O)Nc1cccc(NS(=O)(=O)c2ccc(F)cc2)c1)n1cccn1. The van der Waals surface area contributed by atoms with Crippen LogP contribution in [0.4, 0.5) is 15.8 Å². The molecular weight excluding hydrogens is 371 g/mol. The van der Waals surface area contributed by atoms with Gasteiger partial charge in [-0.15, -0.1) is 0 Å². The Kier molecular flexibility index (Phi) is 5.22. The lowest BCUT2D eigenvalue weighted by Crippen LogP contribution is -2.24. The van der Waals surface area contributed by atoms with Crippen molar-refractivity contribution in [1.29, 1.82) is 0 Å². The van der Waals surface area contributed by atoms with Crippen molar-refractivity contribution in [2.75, 3.05) is 10.0 Å². The molecule has 1 heterocycles. The minimum Gasteiger partial charge on any atom is -0.324 e. The first-order chi connectivity index (χ1) is 12.8. The summed E-state index contributed by atoms with van der Waals surface area (Å²) in [6.45, 7) is 1.70. The molecule has 1 aromatic heterocycles. The Hall–Kier alpha value is -3.20. The third-order valence-corrected chi connectivity index (χ3v) is 5.20. The first kappa shape index (κ1) is 18.6. The van der Waals surface area contributed by atoms with Crippen molar-refractivity contribution < 1.29 is 17.6 Å². The summed E-state index contributed by atoms with van der Waals surface area (Å²) in [5, 5.41) is 6.74. The molecular formula is C18H17FN4O3S. The molecule has 140 valence electrons. The average Bonchev–Trinajstić information content (AvgIpc) is 3.16. The number of benzene rings is 2. The zero-order valence-electron chi connectivity index (χ0n) is 14.3. The predicted molar refractivity (Wildman–Crippen MR) is 99.2 cm³/mol. The van der Waals surface area contributed by atoms with Gasteiger partial charge in [0, 0.05) is 18.1 Å². The third kappa shape index (κ3) is 4.50. The van der Waals surface area contributed by atoms with E-state index >= 15 is 0 Å². The van der Waals surface area contributed by atoms with Crippen LogP contribution >= 0.6 is 0 Å². The third-order valence-electron chi connectivity index (χ3n) is 3.81. The fourth-order valence-corrected chi connectivity index (χ4v) is 3.41. The largest absolute Gasteiger partial charge is 0.324 e. The second-order valence-electron chi connectivity index (χ2n) is 5.79. The molecule has 0 unspecified atom stereocenters. The van der Waals surface area contributed by atoms with E-state index in [2.05, 4.69) is 15.1 Å². The molecule has 1 atom stereocenters. The number of carbonyl (C=O) groups is 1. The monoisotopic (exact) mass is 388 g/mol. The van der Waals surface area contributed by atoms with E-state index in [1.165, 1.54) is 22.9 Å². The van der Waals surface area contributed by atoms with Gasteiger partial charge in [-0.05, 0) is 55.5 Å². The minimum atomic E-state index is -3.87. The second-order valence-corrected chi connectivity index (χ2v) is 7.47. The molecule has 27 heavy (non-hydrogen) atoms. The van der Waals surface area contributed by atoms with Crippen molar-refractivity contribution in [3.8, 4) is 0 Å². The van der Waals surface area contributed by atoms with E-state index in [0.29, 0.717) is 5.69 Å². The summed E-state index contributed by atoms with van der Waals surface area (Å²) >= 11 is 0. The van der Waals surface area contributed by atoms with Gasteiger partial charge in [0.2, 0.25) is 5.91 Å². The summed E-state index contributed by atoms with van der Waals surface area (Å²) < 4.78 is 41.7. The lowest BCUT2D eigenvalue weighted by Gasteiger charge is -2.14. The van der Waals surface area contributed by atoms with E-state index in [4.69, 9.17) is 0 Å². The Morgan fingerprint density at radius 2 is 1.81 bits per heavy atom. The molecule has 0 spiro atoms. The van der Waals surface area contributed by atoms with Gasteiger partial charge in [-0.1, -0.05) is 6.07 Å². The zero-order chi connectivity index (χ0) is 19.4. The molecule has 0 aliphatic heterocycles. The van der Waals surface area contributed by atoms with Crippen LogP contribution in [0, 0.1) is 5.82 Å². The van der Waals surface area contributed by atoms with Crippen LogP contribution in [0.2, 0.25) is 0 Å². The molecule has 0 bridgehead atoms. The molecule has 7 nitrogen and oxygen atoms in total. The maximum Gasteiger partial charge on any atom is 0.261 e. The molecule has 0 radical (unpaired) electrons. The first-order valence-electron chi connectivity index (χ1n) is 8.03. The Balaban J connectivity index is 1.73. The molecule has 9 heteroatoms. The van der Waals surface area contributed by atoms with Crippen LogP contribution in [0.1, 0.15) is 13.0 Å². The maximum absolute atomic E-state index is 13.0. The summed E-state index contributed by atoms with van der Waals surface area (Å²) in [5.74, 6) is -0.817. The van der Waals surface area contributed by atoms with Crippen LogP contribution in [0.5, 0.6) is 0 Å². The highest BCUT2D eigenvalue weighted by molar-refractivity contribution is 7.92. The smallest absolute Gasteiger partial charge is 0.261 e. The van der Waals surface area contributed by atoms with E-state index in [9.17, 15) is 17.6 Å². The molecule has 2 N–H and O–H groups in total. The number of anilines is 2. The van der Waals surface area contributed by atoms with Crippen molar-refractivity contribution in [1.82, 2.24) is 9.78 Å². The van der Waals surface area contributed by atoms with Gasteiger partial charge in [-0.3, -0.25) is 14.2 Å². The van der Waals surface area contributed by atoms with E-state index in [-0.39, 0.29) is 16.5 Å². The number of nitrogens with one attached hydrogen (secondary N) is 2. The van der Waals surface area contributed by atoms with Crippen molar-refractivity contribution in [2.24, 2.45) is 0 Å². The number of nitrogens with zero attached hydrogens (tertiary/aromatic N) is 2. The molecule has 1 amide bonds. The highest BCUT2D eigenvalue weighted by Gasteiger charge is 2.17. The van der Waals surface area contributed by atoms with E-state index in [1.807, 2.05) is 0 Å². The zero-order valence-corrected chi connectivity index (χ0v) is 15.2. The molecule has 0 fully saturated rings. The second kappa shape index (κ2) is 7.58. The number of hydrogen-bond acceptors (Lipinski definition) is 4. The highest BCUT2D eigenvalue weighted by Crippen LogP contribution is 2.20. The van der Waals surface area contributed by atoms with Gasteiger partial charge in [0.25, 0.3) is 10.0 Å². The van der Waals surface area contributed by atoms with Crippen molar-refractivity contribution >= 4 is 27.3 Å². The molecule has 2 aromatic carbocycles. The molecule has 0 aliphatic rings. The van der Waals surface area contributed by atoms with Gasteiger partial charge >= 0.3 is 0 Å². The number of hydrogen-bond donors (Lipinski definition) is 2. The van der Waals surface area contributed by atoms with Gasteiger partial charge < -0.3 is 5.32 Å². The van der Waals surface area contributed by atoms with Crippen LogP contribution < -0.4 is 10.0 Å². The standard InChI is InChI=1S/C18H17FN4O3S/c1-13(23-11-3-10-20-23)18(24)21-15-4-2-5-16(12-15)22-27(25,26)17-8-6-14(19)7-9-17/h2-13,22H,1H3,(H,21,24)/t13-/m0/s1. The summed E-state index contributed by atoms with van der Waals surface area (Å²) in [7, 11) is -3.87. The number of aromatic nitrogens is 2. The lowest BCUT2D eigenvalue weighted by molar-refractivity contribution is -0.119. The lowest BCUT2D eigenvalue weighted by atomic mass is 10.2. The minimum absolute atomic E-state index is 0.0642. The highest BCUT2D eigenvalue weighted by atomic mass is 32.2. The van der Waals surface area contributed by atoms with Gasteiger partial charge in [-0.2, -0.15) is 5.10 Å². The molecule has 0 saturated carbocycles. The topological polar surface area (TPSA) is 93.1 Å². The van der Waals surface area contributed by atoms with Crippen molar-refractivity contribution in [2.45, 2.75) is 17.9 Å². The Morgan fingerprint density at radius 3 is 2.48 bits per heavy atom.